The molecule has 2 rings (SSSR count). The molecule has 6 heteroatoms. The van der Waals surface area contributed by atoms with Crippen LogP contribution >= 0.6 is 0 Å². The van der Waals surface area contributed by atoms with Crippen LogP contribution in [0.25, 0.3) is 0 Å². The highest BCUT2D eigenvalue weighted by molar-refractivity contribution is 7.89. The molecule has 5 nitrogen and oxygen atoms in total. The van der Waals surface area contributed by atoms with Gasteiger partial charge in [-0.05, 0) is 51.2 Å². The largest absolute Gasteiger partial charge is 0.466 e. The fourth-order valence-electron chi connectivity index (χ4n) is 2.46. The van der Waals surface area contributed by atoms with Crippen molar-refractivity contribution >= 4 is 16.0 Å². The number of carbonyl (C=O) groups excluding carboxylic acids is 1. The van der Waals surface area contributed by atoms with E-state index in [1.165, 1.54) is 17.1 Å². The van der Waals surface area contributed by atoms with Crippen LogP contribution < -0.4 is 0 Å². The first-order chi connectivity index (χ1) is 11.9. The summed E-state index contributed by atoms with van der Waals surface area (Å²) < 4.78 is 32.1. The lowest BCUT2D eigenvalue weighted by Crippen LogP contribution is -2.34. The van der Waals surface area contributed by atoms with Crippen molar-refractivity contribution < 1.29 is 17.9 Å². The molecule has 0 heterocycles. The maximum Gasteiger partial charge on any atom is 0.307 e. The molecule has 0 bridgehead atoms. The second kappa shape index (κ2) is 9.15. The molecule has 1 aliphatic carbocycles. The normalized spacial score (nSPS) is 15.0. The molecule has 1 fully saturated rings. The van der Waals surface area contributed by atoms with E-state index >= 15 is 0 Å². The smallest absolute Gasteiger partial charge is 0.307 e. The summed E-state index contributed by atoms with van der Waals surface area (Å²) in [5, 5.41) is 0. The van der Waals surface area contributed by atoms with Crippen molar-refractivity contribution in [2.45, 2.75) is 44.4 Å². The quantitative estimate of drug-likeness (QED) is 0.471. The van der Waals surface area contributed by atoms with Crippen LogP contribution in [-0.4, -0.2) is 38.4 Å². The number of rotatable bonds is 10. The minimum absolute atomic E-state index is 0.0608. The van der Waals surface area contributed by atoms with Gasteiger partial charge in [0.05, 0.1) is 17.9 Å². The second-order valence-electron chi connectivity index (χ2n) is 6.33. The van der Waals surface area contributed by atoms with E-state index in [4.69, 9.17) is 4.74 Å². The third kappa shape index (κ3) is 6.29. The highest BCUT2D eigenvalue weighted by atomic mass is 32.2. The van der Waals surface area contributed by atoms with Crippen molar-refractivity contribution in [3.05, 3.63) is 42.0 Å². The Labute approximate surface area is 150 Å². The monoisotopic (exact) mass is 365 g/mol. The fraction of sp³-hybridized carbons (Fsp3) is 0.526. The standard InChI is InChI=1S/C19H27NO4S/c1-3-24-19(21)13-15-20(14-5-4-6-17-9-10-17)25(22,23)18-11-7-16(2)8-12-18/h4,6-8,11-12,17H,3,5,9-10,13-15H2,1-2H3/b6-4+. The molecule has 0 unspecified atom stereocenters. The molecule has 0 radical (unpaired) electrons. The first-order valence-electron chi connectivity index (χ1n) is 8.82. The maximum atomic E-state index is 12.9. The number of ether oxygens (including phenoxy) is 1. The van der Waals surface area contributed by atoms with E-state index in [-0.39, 0.29) is 23.8 Å². The summed E-state index contributed by atoms with van der Waals surface area (Å²) in [4.78, 5) is 11.9. The van der Waals surface area contributed by atoms with Crippen LogP contribution in [0.1, 0.15) is 38.2 Å². The molecule has 1 saturated carbocycles. The third-order valence-corrected chi connectivity index (χ3v) is 6.02. The Morgan fingerprint density at radius 1 is 1.24 bits per heavy atom. The molecular formula is C19H27NO4S. The summed E-state index contributed by atoms with van der Waals surface area (Å²) in [6, 6.07) is 6.79. The van der Waals surface area contributed by atoms with E-state index in [1.807, 2.05) is 13.0 Å². The number of esters is 1. The van der Waals surface area contributed by atoms with Gasteiger partial charge >= 0.3 is 5.97 Å². The van der Waals surface area contributed by atoms with Crippen molar-refractivity contribution in [2.24, 2.45) is 5.92 Å². The van der Waals surface area contributed by atoms with E-state index < -0.39 is 10.0 Å². The first kappa shape index (κ1) is 19.7. The summed E-state index contributed by atoms with van der Waals surface area (Å²) in [5.41, 5.74) is 1.00. The molecule has 138 valence electrons. The molecule has 0 amide bonds. The summed E-state index contributed by atoms with van der Waals surface area (Å²) in [7, 11) is -3.62. The van der Waals surface area contributed by atoms with Gasteiger partial charge in [0.1, 0.15) is 0 Å². The van der Waals surface area contributed by atoms with Crippen LogP contribution in [0.3, 0.4) is 0 Å². The Kier molecular flexibility index (Phi) is 7.20. The number of aryl methyl sites for hydroxylation is 1. The lowest BCUT2D eigenvalue weighted by atomic mass is 10.2. The number of benzene rings is 1. The molecule has 0 atom stereocenters. The molecule has 0 N–H and O–H groups in total. The van der Waals surface area contributed by atoms with Crippen molar-refractivity contribution in [1.82, 2.24) is 4.31 Å². The molecule has 1 aliphatic rings. The van der Waals surface area contributed by atoms with Crippen molar-refractivity contribution in [1.29, 1.82) is 0 Å². The van der Waals surface area contributed by atoms with Crippen LogP contribution in [0, 0.1) is 12.8 Å². The van der Waals surface area contributed by atoms with Crippen LogP contribution in [0.4, 0.5) is 0 Å². The Morgan fingerprint density at radius 2 is 1.92 bits per heavy atom. The Bertz CT molecular complexity index is 691. The highest BCUT2D eigenvalue weighted by Gasteiger charge is 2.24. The van der Waals surface area contributed by atoms with Gasteiger partial charge in [0.25, 0.3) is 0 Å². The highest BCUT2D eigenvalue weighted by Crippen LogP contribution is 2.30. The van der Waals surface area contributed by atoms with Gasteiger partial charge in [-0.3, -0.25) is 4.79 Å². The lowest BCUT2D eigenvalue weighted by molar-refractivity contribution is -0.143. The zero-order valence-corrected chi connectivity index (χ0v) is 15.8. The van der Waals surface area contributed by atoms with Crippen LogP contribution in [0.2, 0.25) is 0 Å². The zero-order valence-electron chi connectivity index (χ0n) is 15.0. The van der Waals surface area contributed by atoms with Crippen LogP contribution in [0.15, 0.2) is 41.3 Å². The average molecular weight is 365 g/mol. The molecular weight excluding hydrogens is 338 g/mol. The van der Waals surface area contributed by atoms with Gasteiger partial charge in [-0.15, -0.1) is 0 Å². The maximum absolute atomic E-state index is 12.9. The molecule has 0 spiro atoms. The van der Waals surface area contributed by atoms with Crippen molar-refractivity contribution in [3.63, 3.8) is 0 Å². The van der Waals surface area contributed by atoms with Gasteiger partial charge < -0.3 is 4.74 Å². The Hall–Kier alpha value is -1.66. The first-order valence-corrected chi connectivity index (χ1v) is 10.3. The fourth-order valence-corrected chi connectivity index (χ4v) is 3.91. The lowest BCUT2D eigenvalue weighted by Gasteiger charge is -2.21. The zero-order chi connectivity index (χ0) is 18.3. The van der Waals surface area contributed by atoms with Crippen molar-refractivity contribution in [3.8, 4) is 0 Å². The summed E-state index contributed by atoms with van der Waals surface area (Å²) in [6.07, 6.45) is 7.35. The van der Waals surface area contributed by atoms with E-state index in [9.17, 15) is 13.2 Å². The second-order valence-corrected chi connectivity index (χ2v) is 8.26. The van der Waals surface area contributed by atoms with Gasteiger partial charge in [0.2, 0.25) is 10.0 Å². The molecule has 1 aromatic carbocycles. The predicted molar refractivity (Wildman–Crippen MR) is 97.7 cm³/mol. The number of allylic oxidation sites excluding steroid dienone is 1. The molecule has 0 aliphatic heterocycles. The van der Waals surface area contributed by atoms with E-state index in [1.54, 1.807) is 31.2 Å². The molecule has 1 aromatic rings. The summed E-state index contributed by atoms with van der Waals surface area (Å²) >= 11 is 0. The van der Waals surface area contributed by atoms with E-state index in [0.29, 0.717) is 25.5 Å². The van der Waals surface area contributed by atoms with Gasteiger partial charge in [0, 0.05) is 13.1 Å². The number of nitrogens with zero attached hydrogens (tertiary/aromatic N) is 1. The SMILES string of the molecule is CCOC(=O)CCN(CC/C=C/C1CC1)S(=O)(=O)c1ccc(C)cc1. The van der Waals surface area contributed by atoms with E-state index in [0.717, 1.165) is 5.56 Å². The number of carbonyl (C=O) groups is 1. The van der Waals surface area contributed by atoms with Gasteiger partial charge in [-0.25, -0.2) is 8.42 Å². The van der Waals surface area contributed by atoms with Gasteiger partial charge in [-0.1, -0.05) is 29.8 Å². The number of hydrogen-bond acceptors (Lipinski definition) is 4. The number of sulfonamides is 1. The van der Waals surface area contributed by atoms with Crippen molar-refractivity contribution in [2.75, 3.05) is 19.7 Å². The molecule has 25 heavy (non-hydrogen) atoms. The van der Waals surface area contributed by atoms with Gasteiger partial charge in [-0.2, -0.15) is 4.31 Å². The topological polar surface area (TPSA) is 63.7 Å². The minimum atomic E-state index is -3.62. The van der Waals surface area contributed by atoms with Crippen LogP contribution in [0.5, 0.6) is 0 Å². The summed E-state index contributed by atoms with van der Waals surface area (Å²) in [5.74, 6) is 0.293. The Morgan fingerprint density at radius 3 is 2.52 bits per heavy atom. The Balaban J connectivity index is 2.06. The number of hydrogen-bond donors (Lipinski definition) is 0. The van der Waals surface area contributed by atoms with Crippen LogP contribution in [-0.2, 0) is 19.6 Å². The van der Waals surface area contributed by atoms with Gasteiger partial charge in [0.15, 0.2) is 0 Å². The summed E-state index contributed by atoms with van der Waals surface area (Å²) in [6.45, 7) is 4.44. The average Bonchev–Trinajstić information content (AvgIpc) is 3.39. The molecule has 0 saturated heterocycles. The van der Waals surface area contributed by atoms with E-state index in [2.05, 4.69) is 6.08 Å². The third-order valence-electron chi connectivity index (χ3n) is 4.10. The minimum Gasteiger partial charge on any atom is -0.466 e. The molecule has 0 aromatic heterocycles. The predicted octanol–water partition coefficient (Wildman–Crippen LogP) is 3.30.